The van der Waals surface area contributed by atoms with Gasteiger partial charge in [0.2, 0.25) is 23.6 Å². The number of methoxy groups -OCH3 is 2. The molecule has 2 aliphatic heterocycles. The first-order chi connectivity index (χ1) is 26.2. The minimum absolute atomic E-state index is 0.0307. The molecule has 3 fully saturated rings. The number of carbonyl (C=O) groups excluding carboxylic acids is 4. The number of ether oxygens (including phenoxy) is 2. The first-order valence-corrected chi connectivity index (χ1v) is 19.2. The molecule has 4 aliphatic rings. The highest BCUT2D eigenvalue weighted by Crippen LogP contribution is 2.65. The second kappa shape index (κ2) is 13.2. The lowest BCUT2D eigenvalue weighted by Crippen LogP contribution is -2.49. The number of rotatable bonds is 9. The van der Waals surface area contributed by atoms with Crippen LogP contribution in [0.2, 0.25) is 5.02 Å². The van der Waals surface area contributed by atoms with Crippen molar-refractivity contribution in [3.63, 3.8) is 0 Å². The SMILES string of the molecule is COc1cc(O)c(C2C3=CCC4C(=O)N(CCCC(=O)O)C(=O)C4C3CC3C(=O)N(c4cc(-c5sc6ccc(Cl)cc6c5C)nn4C)C(=O)C32C)c(OC)c1. The van der Waals surface area contributed by atoms with Crippen molar-refractivity contribution in [1.82, 2.24) is 14.7 Å². The molecule has 2 aromatic heterocycles. The van der Waals surface area contributed by atoms with E-state index in [1.54, 1.807) is 26.1 Å². The number of aromatic hydroxyl groups is 1. The molecule has 8 rings (SSSR count). The van der Waals surface area contributed by atoms with Crippen molar-refractivity contribution in [3.05, 3.63) is 64.2 Å². The fourth-order valence-corrected chi connectivity index (χ4v) is 10.9. The Morgan fingerprint density at radius 2 is 1.82 bits per heavy atom. The van der Waals surface area contributed by atoms with Gasteiger partial charge in [-0.2, -0.15) is 5.10 Å². The third-order valence-corrected chi connectivity index (χ3v) is 13.7. The molecule has 2 aromatic carbocycles. The highest BCUT2D eigenvalue weighted by Gasteiger charge is 2.68. The summed E-state index contributed by atoms with van der Waals surface area (Å²) in [4.78, 5) is 72.3. The molecule has 2 aliphatic carbocycles. The van der Waals surface area contributed by atoms with Crippen molar-refractivity contribution >= 4 is 68.4 Å². The Balaban J connectivity index is 1.25. The fourth-order valence-electron chi connectivity index (χ4n) is 9.60. The van der Waals surface area contributed by atoms with Gasteiger partial charge in [-0.15, -0.1) is 11.3 Å². The molecule has 4 aromatic rings. The zero-order chi connectivity index (χ0) is 39.2. The molecule has 15 heteroatoms. The van der Waals surface area contributed by atoms with E-state index in [2.05, 4.69) is 0 Å². The van der Waals surface area contributed by atoms with Crippen molar-refractivity contribution < 1.29 is 43.7 Å². The second-order valence-electron chi connectivity index (χ2n) is 15.0. The molecule has 1 saturated carbocycles. The summed E-state index contributed by atoms with van der Waals surface area (Å²) < 4.78 is 13.8. The number of imide groups is 2. The summed E-state index contributed by atoms with van der Waals surface area (Å²) in [7, 11) is 4.56. The number of hydrogen-bond donors (Lipinski definition) is 2. The van der Waals surface area contributed by atoms with Crippen LogP contribution in [-0.4, -0.2) is 75.3 Å². The van der Waals surface area contributed by atoms with Gasteiger partial charge < -0.3 is 19.7 Å². The first kappa shape index (κ1) is 36.8. The third-order valence-electron chi connectivity index (χ3n) is 12.2. The number of aryl methyl sites for hydroxylation is 2. The van der Waals surface area contributed by atoms with E-state index >= 15 is 4.79 Å². The highest BCUT2D eigenvalue weighted by molar-refractivity contribution is 7.22. The molecule has 13 nitrogen and oxygen atoms in total. The number of fused-ring (bicyclic) bond motifs is 5. The molecule has 6 atom stereocenters. The molecule has 4 amide bonds. The molecule has 0 radical (unpaired) electrons. The third kappa shape index (κ3) is 5.39. The number of nitrogens with zero attached hydrogens (tertiary/aromatic N) is 4. The lowest BCUT2D eigenvalue weighted by atomic mass is 9.51. The quantitative estimate of drug-likeness (QED) is 0.150. The minimum atomic E-state index is -1.47. The predicted molar refractivity (Wildman–Crippen MR) is 203 cm³/mol. The summed E-state index contributed by atoms with van der Waals surface area (Å²) in [5.41, 5.74) is 1.02. The number of amides is 4. The molecule has 0 spiro atoms. The number of likely N-dealkylation sites (tertiary alicyclic amines) is 1. The van der Waals surface area contributed by atoms with Gasteiger partial charge in [0.25, 0.3) is 0 Å². The lowest BCUT2D eigenvalue weighted by molar-refractivity contribution is -0.142. The zero-order valence-corrected chi connectivity index (χ0v) is 32.4. The highest BCUT2D eigenvalue weighted by atomic mass is 35.5. The molecule has 0 bridgehead atoms. The Labute approximate surface area is 325 Å². The number of anilines is 1. The number of thiophene rings is 1. The normalized spacial score (nSPS) is 26.0. The fraction of sp³-hybridized carbons (Fsp3) is 0.400. The van der Waals surface area contributed by atoms with Crippen LogP contribution in [0.15, 0.2) is 48.0 Å². The smallest absolute Gasteiger partial charge is 0.303 e. The second-order valence-corrected chi connectivity index (χ2v) is 16.4. The van der Waals surface area contributed by atoms with E-state index < -0.39 is 58.7 Å². The minimum Gasteiger partial charge on any atom is -0.507 e. The van der Waals surface area contributed by atoms with E-state index in [9.17, 15) is 29.4 Å². The Kier molecular flexibility index (Phi) is 8.84. The van der Waals surface area contributed by atoms with Crippen LogP contribution in [0.1, 0.15) is 49.7 Å². The number of hydrogen-bond acceptors (Lipinski definition) is 10. The van der Waals surface area contributed by atoms with E-state index in [0.717, 1.165) is 25.4 Å². The van der Waals surface area contributed by atoms with Crippen LogP contribution in [0.3, 0.4) is 0 Å². The number of carbonyl (C=O) groups is 5. The molecule has 55 heavy (non-hydrogen) atoms. The van der Waals surface area contributed by atoms with Crippen LogP contribution in [0.25, 0.3) is 20.7 Å². The summed E-state index contributed by atoms with van der Waals surface area (Å²) in [5.74, 6) is -6.27. The van der Waals surface area contributed by atoms with Crippen molar-refractivity contribution in [1.29, 1.82) is 0 Å². The van der Waals surface area contributed by atoms with E-state index in [4.69, 9.17) is 26.2 Å². The molecule has 2 N–H and O–H groups in total. The van der Waals surface area contributed by atoms with Crippen molar-refractivity contribution in [3.8, 4) is 27.8 Å². The van der Waals surface area contributed by atoms with Crippen LogP contribution >= 0.6 is 22.9 Å². The molecule has 4 heterocycles. The number of aromatic nitrogens is 2. The van der Waals surface area contributed by atoms with Gasteiger partial charge in [-0.1, -0.05) is 23.3 Å². The average Bonchev–Trinajstić information content (AvgIpc) is 3.82. The Morgan fingerprint density at radius 3 is 2.53 bits per heavy atom. The summed E-state index contributed by atoms with van der Waals surface area (Å²) in [6.07, 6.45) is 2.09. The number of phenols is 1. The van der Waals surface area contributed by atoms with E-state index in [0.29, 0.717) is 22.0 Å². The van der Waals surface area contributed by atoms with Crippen LogP contribution in [0.4, 0.5) is 5.82 Å². The summed E-state index contributed by atoms with van der Waals surface area (Å²) >= 11 is 7.84. The van der Waals surface area contributed by atoms with Crippen LogP contribution < -0.4 is 14.4 Å². The van der Waals surface area contributed by atoms with Gasteiger partial charge in [-0.05, 0) is 68.2 Å². The first-order valence-electron chi connectivity index (χ1n) is 18.0. The molecular formula is C40H39ClN4O9S. The Hall–Kier alpha value is -5.21. The number of allylic oxidation sites excluding steroid dienone is 2. The Morgan fingerprint density at radius 1 is 1.05 bits per heavy atom. The van der Waals surface area contributed by atoms with Gasteiger partial charge in [0.15, 0.2) is 0 Å². The van der Waals surface area contributed by atoms with E-state index in [1.165, 1.54) is 41.2 Å². The topological polar surface area (TPSA) is 169 Å². The number of halogens is 1. The van der Waals surface area contributed by atoms with Gasteiger partial charge in [0.1, 0.15) is 28.8 Å². The van der Waals surface area contributed by atoms with Crippen LogP contribution in [0.5, 0.6) is 17.2 Å². The van der Waals surface area contributed by atoms with Gasteiger partial charge in [0.05, 0.1) is 42.3 Å². The van der Waals surface area contributed by atoms with Crippen molar-refractivity contribution in [2.45, 2.75) is 45.4 Å². The van der Waals surface area contributed by atoms with Gasteiger partial charge in [0, 0.05) is 59.4 Å². The molecular weight excluding hydrogens is 748 g/mol. The van der Waals surface area contributed by atoms with Gasteiger partial charge >= 0.3 is 5.97 Å². The van der Waals surface area contributed by atoms with Crippen molar-refractivity contribution in [2.24, 2.45) is 36.1 Å². The number of aliphatic carboxylic acids is 1. The predicted octanol–water partition coefficient (Wildman–Crippen LogP) is 6.08. The Bertz CT molecular complexity index is 2380. The van der Waals surface area contributed by atoms with Gasteiger partial charge in [-0.25, -0.2) is 4.90 Å². The lowest BCUT2D eigenvalue weighted by Gasteiger charge is -2.49. The maximum atomic E-state index is 15.2. The summed E-state index contributed by atoms with van der Waals surface area (Å²) in [6.45, 7) is 3.67. The van der Waals surface area contributed by atoms with Crippen LogP contribution in [0, 0.1) is 36.0 Å². The zero-order valence-electron chi connectivity index (χ0n) is 30.8. The number of benzene rings is 2. The van der Waals surface area contributed by atoms with Crippen LogP contribution in [-0.2, 0) is 31.0 Å². The standard InChI is InChI=1S/C40H39ClN4O9S/c1-18-23-13-19(41)8-11-29(23)55-35(18)26-17-30(43(3)42-26)45-37(50)25-16-24-21(9-10-22-32(24)38(51)44(36(22)49)12-6-7-31(47)48)34(40(25,2)39(45)52)33-27(46)14-20(53-4)15-28(33)54-5/h8-9,11,13-15,17,22,24-25,32,34,46H,6-7,10,12,16H2,1-5H3,(H,47,48). The average molecular weight is 787 g/mol. The maximum Gasteiger partial charge on any atom is 0.303 e. The largest absolute Gasteiger partial charge is 0.507 e. The summed E-state index contributed by atoms with van der Waals surface area (Å²) in [6, 6.07) is 10.4. The van der Waals surface area contributed by atoms with Gasteiger partial charge in [-0.3, -0.25) is 33.6 Å². The maximum absolute atomic E-state index is 15.2. The monoisotopic (exact) mass is 786 g/mol. The molecule has 2 saturated heterocycles. The summed E-state index contributed by atoms with van der Waals surface area (Å²) in [5, 5.41) is 27.2. The van der Waals surface area contributed by atoms with E-state index in [1.807, 2.05) is 31.2 Å². The molecule has 6 unspecified atom stereocenters. The van der Waals surface area contributed by atoms with Crippen molar-refractivity contribution in [2.75, 3.05) is 25.7 Å². The van der Waals surface area contributed by atoms with E-state index in [-0.39, 0.29) is 61.0 Å². The number of phenolic OH excluding ortho intramolecular Hbond substituents is 1. The number of carboxylic acid groups (broad SMARTS) is 1. The molecule has 286 valence electrons. The number of carboxylic acids is 1.